The topological polar surface area (TPSA) is 26.3 Å². The number of esters is 1. The third-order valence-corrected chi connectivity index (χ3v) is 5.02. The standard InChI is InChI=1S/C22H16F6O2/c1-30-19(29)20(21(23,24)25,22(26,27)28)12-6-11-18-16-9-4-2-7-14(16)13-15-8-3-5-10-17(15)18/h2-11,13H,12H2,1H3/b11-6+. The van der Waals surface area contributed by atoms with E-state index in [1.807, 2.05) is 6.07 Å². The molecule has 0 aromatic heterocycles. The lowest BCUT2D eigenvalue weighted by molar-refractivity contribution is -0.330. The van der Waals surface area contributed by atoms with Gasteiger partial charge in [0.2, 0.25) is 0 Å². The van der Waals surface area contributed by atoms with E-state index in [0.29, 0.717) is 23.4 Å². The fourth-order valence-electron chi connectivity index (χ4n) is 3.46. The number of halogens is 6. The van der Waals surface area contributed by atoms with Gasteiger partial charge in [-0.25, -0.2) is 0 Å². The first-order valence-corrected chi connectivity index (χ1v) is 8.82. The highest BCUT2D eigenvalue weighted by Crippen LogP contribution is 2.53. The molecule has 0 bridgehead atoms. The third kappa shape index (κ3) is 3.51. The van der Waals surface area contributed by atoms with Crippen LogP contribution in [0.4, 0.5) is 26.3 Å². The minimum absolute atomic E-state index is 0.465. The van der Waals surface area contributed by atoms with E-state index in [4.69, 9.17) is 0 Å². The van der Waals surface area contributed by atoms with Crippen LogP contribution in [0, 0.1) is 5.41 Å². The molecule has 0 saturated carbocycles. The predicted molar refractivity (Wildman–Crippen MR) is 102 cm³/mol. The van der Waals surface area contributed by atoms with Gasteiger partial charge in [0, 0.05) is 0 Å². The van der Waals surface area contributed by atoms with E-state index in [1.165, 1.54) is 6.08 Å². The van der Waals surface area contributed by atoms with Crippen LogP contribution in [0.5, 0.6) is 0 Å². The van der Waals surface area contributed by atoms with E-state index < -0.39 is 30.2 Å². The van der Waals surface area contributed by atoms with E-state index >= 15 is 0 Å². The van der Waals surface area contributed by atoms with Gasteiger partial charge in [-0.3, -0.25) is 4.79 Å². The summed E-state index contributed by atoms with van der Waals surface area (Å²) in [5, 5.41) is 2.88. The van der Waals surface area contributed by atoms with Gasteiger partial charge in [0.25, 0.3) is 5.41 Å². The maximum atomic E-state index is 13.5. The summed E-state index contributed by atoms with van der Waals surface area (Å²) in [5.74, 6) is -2.39. The maximum absolute atomic E-state index is 13.5. The number of rotatable bonds is 4. The second-order valence-electron chi connectivity index (χ2n) is 6.73. The van der Waals surface area contributed by atoms with Crippen molar-refractivity contribution >= 4 is 33.6 Å². The minimum Gasteiger partial charge on any atom is -0.468 e. The molecular formula is C22H16F6O2. The van der Waals surface area contributed by atoms with Gasteiger partial charge in [-0.1, -0.05) is 60.7 Å². The average molecular weight is 426 g/mol. The smallest absolute Gasteiger partial charge is 0.414 e. The molecule has 3 rings (SSSR count). The van der Waals surface area contributed by atoms with Crippen LogP contribution in [0.1, 0.15) is 12.0 Å². The number of benzene rings is 3. The average Bonchev–Trinajstić information content (AvgIpc) is 2.68. The first kappa shape index (κ1) is 21.7. The molecule has 0 N–H and O–H groups in total. The van der Waals surface area contributed by atoms with E-state index in [9.17, 15) is 31.1 Å². The monoisotopic (exact) mass is 426 g/mol. The van der Waals surface area contributed by atoms with E-state index in [2.05, 4.69) is 4.74 Å². The van der Waals surface area contributed by atoms with Crippen molar-refractivity contribution in [2.24, 2.45) is 5.41 Å². The molecule has 0 spiro atoms. The van der Waals surface area contributed by atoms with Gasteiger partial charge in [0.15, 0.2) is 0 Å². The fraction of sp³-hybridized carbons (Fsp3) is 0.227. The first-order chi connectivity index (χ1) is 14.0. The van der Waals surface area contributed by atoms with Crippen LogP contribution in [-0.2, 0) is 9.53 Å². The van der Waals surface area contributed by atoms with Crippen molar-refractivity contribution in [2.45, 2.75) is 18.8 Å². The largest absolute Gasteiger partial charge is 0.468 e. The third-order valence-electron chi connectivity index (χ3n) is 5.02. The highest BCUT2D eigenvalue weighted by Gasteiger charge is 2.75. The highest BCUT2D eigenvalue weighted by atomic mass is 19.4. The van der Waals surface area contributed by atoms with Gasteiger partial charge in [-0.05, 0) is 39.6 Å². The molecular weight excluding hydrogens is 410 g/mol. The van der Waals surface area contributed by atoms with E-state index in [-0.39, 0.29) is 0 Å². The first-order valence-electron chi connectivity index (χ1n) is 8.82. The molecule has 0 unspecified atom stereocenters. The molecule has 3 aromatic carbocycles. The molecule has 30 heavy (non-hydrogen) atoms. The van der Waals surface area contributed by atoms with Gasteiger partial charge in [0.05, 0.1) is 7.11 Å². The zero-order chi connectivity index (χ0) is 22.2. The van der Waals surface area contributed by atoms with Crippen LogP contribution in [0.2, 0.25) is 0 Å². The van der Waals surface area contributed by atoms with Crippen LogP contribution in [0.25, 0.3) is 27.6 Å². The number of carbonyl (C=O) groups excluding carboxylic acids is 1. The Morgan fingerprint density at radius 3 is 1.77 bits per heavy atom. The molecule has 0 saturated heterocycles. The molecule has 8 heteroatoms. The summed E-state index contributed by atoms with van der Waals surface area (Å²) in [6, 6.07) is 15.9. The minimum atomic E-state index is -5.89. The Balaban J connectivity index is 2.16. The van der Waals surface area contributed by atoms with Crippen molar-refractivity contribution in [3.8, 4) is 0 Å². The number of ether oxygens (including phenoxy) is 1. The molecule has 0 fully saturated rings. The Labute approximate surface area is 167 Å². The van der Waals surface area contributed by atoms with Gasteiger partial charge in [-0.2, -0.15) is 26.3 Å². The summed E-state index contributed by atoms with van der Waals surface area (Å²) < 4.78 is 84.8. The van der Waals surface area contributed by atoms with Crippen LogP contribution >= 0.6 is 0 Å². The Hall–Kier alpha value is -3.03. The predicted octanol–water partition coefficient (Wildman–Crippen LogP) is 6.68. The van der Waals surface area contributed by atoms with E-state index in [1.54, 1.807) is 48.5 Å². The molecule has 158 valence electrons. The SMILES string of the molecule is COC(=O)C(C/C=C/c1c2ccccc2cc2ccccc12)(C(F)(F)F)C(F)(F)F. The summed E-state index contributed by atoms with van der Waals surface area (Å²) in [5.41, 5.74) is -4.18. The number of hydrogen-bond acceptors (Lipinski definition) is 2. The molecule has 0 aliphatic carbocycles. The molecule has 0 radical (unpaired) electrons. The number of fused-ring (bicyclic) bond motifs is 2. The van der Waals surface area contributed by atoms with Gasteiger partial charge in [0.1, 0.15) is 0 Å². The summed E-state index contributed by atoms with van der Waals surface area (Å²) in [6.45, 7) is 0. The van der Waals surface area contributed by atoms with Crippen LogP contribution in [0.3, 0.4) is 0 Å². The summed E-state index contributed by atoms with van der Waals surface area (Å²) in [7, 11) is 0.497. The zero-order valence-electron chi connectivity index (χ0n) is 15.6. The molecule has 0 amide bonds. The Kier molecular flexibility index (Phi) is 5.54. The number of hydrogen-bond donors (Lipinski definition) is 0. The summed E-state index contributed by atoms with van der Waals surface area (Å²) >= 11 is 0. The Bertz CT molecular complexity index is 1040. The molecule has 0 heterocycles. The van der Waals surface area contributed by atoms with Crippen LogP contribution < -0.4 is 0 Å². The van der Waals surface area contributed by atoms with Gasteiger partial charge < -0.3 is 4.74 Å². The lowest BCUT2D eigenvalue weighted by atomic mass is 9.82. The molecule has 0 aliphatic heterocycles. The van der Waals surface area contributed by atoms with Crippen molar-refractivity contribution in [3.05, 3.63) is 66.2 Å². The molecule has 0 atom stereocenters. The van der Waals surface area contributed by atoms with Crippen molar-refractivity contribution in [2.75, 3.05) is 7.11 Å². The Morgan fingerprint density at radius 2 is 1.33 bits per heavy atom. The fourth-order valence-corrected chi connectivity index (χ4v) is 3.46. The Morgan fingerprint density at radius 1 is 0.867 bits per heavy atom. The lowest BCUT2D eigenvalue weighted by Crippen LogP contribution is -2.55. The van der Waals surface area contributed by atoms with Gasteiger partial charge >= 0.3 is 18.3 Å². The normalized spacial score (nSPS) is 13.3. The van der Waals surface area contributed by atoms with Crippen molar-refractivity contribution in [1.82, 2.24) is 0 Å². The molecule has 3 aromatic rings. The van der Waals surface area contributed by atoms with Gasteiger partial charge in [-0.15, -0.1) is 0 Å². The number of alkyl halides is 6. The quantitative estimate of drug-likeness (QED) is 0.264. The molecule has 2 nitrogen and oxygen atoms in total. The van der Waals surface area contributed by atoms with Crippen LogP contribution in [-0.4, -0.2) is 25.4 Å². The second-order valence-corrected chi connectivity index (χ2v) is 6.73. The summed E-state index contributed by atoms with van der Waals surface area (Å²) in [4.78, 5) is 11.7. The van der Waals surface area contributed by atoms with Crippen molar-refractivity contribution < 1.29 is 35.9 Å². The van der Waals surface area contributed by atoms with Crippen molar-refractivity contribution in [3.63, 3.8) is 0 Å². The number of methoxy groups -OCH3 is 1. The number of allylic oxidation sites excluding steroid dienone is 1. The molecule has 0 aliphatic rings. The zero-order valence-corrected chi connectivity index (χ0v) is 15.6. The lowest BCUT2D eigenvalue weighted by Gasteiger charge is -2.33. The maximum Gasteiger partial charge on any atom is 0.414 e. The summed E-state index contributed by atoms with van der Waals surface area (Å²) in [6.07, 6.45) is -11.5. The number of carbonyl (C=O) groups is 1. The van der Waals surface area contributed by atoms with Crippen LogP contribution in [0.15, 0.2) is 60.7 Å². The second kappa shape index (κ2) is 7.66. The van der Waals surface area contributed by atoms with Crippen molar-refractivity contribution in [1.29, 1.82) is 0 Å². The highest BCUT2D eigenvalue weighted by molar-refractivity contribution is 6.06. The van der Waals surface area contributed by atoms with E-state index in [0.717, 1.165) is 16.8 Å².